The fourth-order valence-corrected chi connectivity index (χ4v) is 3.49. The van der Waals surface area contributed by atoms with Crippen molar-refractivity contribution in [2.45, 2.75) is 103 Å². The average Bonchev–Trinajstić information content (AvgIpc) is 2.52. The molecule has 0 aromatic carbocycles. The number of alkyl halides is 1. The number of quaternary nitrogens is 1. The third-order valence-electron chi connectivity index (χ3n) is 5.01. The molecule has 0 radical (unpaired) electrons. The van der Waals surface area contributed by atoms with Gasteiger partial charge in [-0.3, -0.25) is 0 Å². The van der Waals surface area contributed by atoms with Crippen molar-refractivity contribution in [2.24, 2.45) is 0 Å². The zero-order chi connectivity index (χ0) is 17.2. The molecule has 0 fully saturated rings. The Labute approximate surface area is 175 Å². The van der Waals surface area contributed by atoms with Crippen LogP contribution in [0.2, 0.25) is 0 Å². The first-order valence-electron chi connectivity index (χ1n) is 10.5. The summed E-state index contributed by atoms with van der Waals surface area (Å²) in [5.41, 5.74) is 0. The highest BCUT2D eigenvalue weighted by Gasteiger charge is 2.13. The number of halogens is 2. The Morgan fingerprint density at radius 1 is 0.542 bits per heavy atom. The number of hydrogen-bond acceptors (Lipinski definition) is 0. The molecular weight excluding hydrogens is 429 g/mol. The van der Waals surface area contributed by atoms with Crippen molar-refractivity contribution in [1.29, 1.82) is 0 Å². The monoisotopic (exact) mass is 473 g/mol. The van der Waals surface area contributed by atoms with E-state index in [4.69, 9.17) is 11.6 Å². The van der Waals surface area contributed by atoms with Crippen molar-refractivity contribution in [3.8, 4) is 0 Å². The normalized spacial score (nSPS) is 11.5. The second kappa shape index (κ2) is 20.3. The van der Waals surface area contributed by atoms with Gasteiger partial charge in [0.1, 0.15) is 0 Å². The molecule has 3 heteroatoms. The van der Waals surface area contributed by atoms with E-state index in [0.29, 0.717) is 0 Å². The first kappa shape index (κ1) is 27.2. The van der Waals surface area contributed by atoms with Gasteiger partial charge < -0.3 is 28.5 Å². The highest BCUT2D eigenvalue weighted by atomic mass is 127. The minimum atomic E-state index is 0. The smallest absolute Gasteiger partial charge is 0.0782 e. The highest BCUT2D eigenvalue weighted by Crippen LogP contribution is 2.13. The maximum Gasteiger partial charge on any atom is 0.0782 e. The summed E-state index contributed by atoms with van der Waals surface area (Å²) in [6, 6.07) is 0. The maximum atomic E-state index is 5.76. The van der Waals surface area contributed by atoms with Gasteiger partial charge in [-0.05, 0) is 25.7 Å². The van der Waals surface area contributed by atoms with Crippen LogP contribution in [0.15, 0.2) is 0 Å². The van der Waals surface area contributed by atoms with E-state index in [2.05, 4.69) is 21.0 Å². The van der Waals surface area contributed by atoms with Crippen LogP contribution in [-0.2, 0) is 0 Å². The lowest BCUT2D eigenvalue weighted by Crippen LogP contribution is -3.00. The minimum Gasteiger partial charge on any atom is -1.00 e. The summed E-state index contributed by atoms with van der Waals surface area (Å²) < 4.78 is 1.18. The quantitative estimate of drug-likeness (QED) is 0.121. The molecule has 0 unspecified atom stereocenters. The van der Waals surface area contributed by atoms with Gasteiger partial charge in [0.05, 0.1) is 27.2 Å². The summed E-state index contributed by atoms with van der Waals surface area (Å²) in [6.45, 7) is 4.91. The molecule has 1 nitrogen and oxygen atoms in total. The lowest BCUT2D eigenvalue weighted by molar-refractivity contribution is -0.890. The molecule has 0 aromatic heterocycles. The lowest BCUT2D eigenvalue weighted by Gasteiger charge is -2.29. The molecular formula is C21H45ClIN. The third kappa shape index (κ3) is 21.0. The molecule has 0 spiro atoms. The fraction of sp³-hybridized carbons (Fsp3) is 1.00. The van der Waals surface area contributed by atoms with Crippen LogP contribution in [0.25, 0.3) is 0 Å². The topological polar surface area (TPSA) is 0 Å². The number of nitrogens with zero attached hydrogens (tertiary/aromatic N) is 1. The maximum absolute atomic E-state index is 5.76. The van der Waals surface area contributed by atoms with Crippen LogP contribution >= 0.6 is 11.6 Å². The Morgan fingerprint density at radius 2 is 0.875 bits per heavy atom. The summed E-state index contributed by atoms with van der Waals surface area (Å²) in [7, 11) is 4.74. The van der Waals surface area contributed by atoms with Crippen molar-refractivity contribution in [2.75, 3.05) is 33.1 Å². The minimum absolute atomic E-state index is 0. The Morgan fingerprint density at radius 3 is 1.25 bits per heavy atom. The number of hydrogen-bond donors (Lipinski definition) is 0. The fourth-order valence-electron chi connectivity index (χ4n) is 3.30. The van der Waals surface area contributed by atoms with Gasteiger partial charge in [0.2, 0.25) is 0 Å². The summed E-state index contributed by atoms with van der Waals surface area (Å²) in [5, 5.41) is 0. The molecule has 0 aromatic rings. The first-order chi connectivity index (χ1) is 11.1. The molecule has 0 aliphatic rings. The van der Waals surface area contributed by atoms with E-state index in [1.54, 1.807) is 0 Å². The standard InChI is InChI=1S/C21H45ClN.HI/c1-4-5-6-7-8-9-10-11-12-13-14-15-17-20-23(2,3)21-18-16-19-22;/h4-21H2,1-3H3;1H/q+1;/p-1. The molecule has 148 valence electrons. The van der Waals surface area contributed by atoms with Gasteiger partial charge in [-0.15, -0.1) is 11.6 Å². The molecule has 0 heterocycles. The van der Waals surface area contributed by atoms with Gasteiger partial charge >= 0.3 is 0 Å². The van der Waals surface area contributed by atoms with E-state index in [0.717, 1.165) is 5.88 Å². The summed E-state index contributed by atoms with van der Waals surface area (Å²) in [4.78, 5) is 0. The van der Waals surface area contributed by atoms with Gasteiger partial charge in [0.15, 0.2) is 0 Å². The zero-order valence-electron chi connectivity index (χ0n) is 16.9. The van der Waals surface area contributed by atoms with Crippen LogP contribution in [0.3, 0.4) is 0 Å². The predicted octanol–water partition coefficient (Wildman–Crippen LogP) is 4.18. The molecule has 0 N–H and O–H groups in total. The zero-order valence-corrected chi connectivity index (χ0v) is 19.8. The van der Waals surface area contributed by atoms with E-state index < -0.39 is 0 Å². The van der Waals surface area contributed by atoms with Gasteiger partial charge in [0, 0.05) is 5.88 Å². The van der Waals surface area contributed by atoms with Crippen molar-refractivity contribution in [1.82, 2.24) is 0 Å². The van der Waals surface area contributed by atoms with E-state index in [1.807, 2.05) is 0 Å². The molecule has 0 rings (SSSR count). The average molecular weight is 474 g/mol. The Balaban J connectivity index is 0. The van der Waals surface area contributed by atoms with Gasteiger partial charge in [-0.25, -0.2) is 0 Å². The molecule has 0 saturated carbocycles. The van der Waals surface area contributed by atoms with Crippen molar-refractivity contribution in [3.05, 3.63) is 0 Å². The molecule has 0 aliphatic carbocycles. The second-order valence-corrected chi connectivity index (χ2v) is 8.40. The van der Waals surface area contributed by atoms with Crippen molar-refractivity contribution in [3.63, 3.8) is 0 Å². The lowest BCUT2D eigenvalue weighted by atomic mass is 10.0. The Bertz CT molecular complexity index is 234. The van der Waals surface area contributed by atoms with Gasteiger partial charge in [-0.2, -0.15) is 0 Å². The molecule has 0 atom stereocenters. The predicted molar refractivity (Wildman–Crippen MR) is 107 cm³/mol. The molecule has 0 bridgehead atoms. The van der Waals surface area contributed by atoms with Gasteiger partial charge in [-0.1, -0.05) is 77.6 Å². The summed E-state index contributed by atoms with van der Waals surface area (Å²) in [5.74, 6) is 0.818. The third-order valence-corrected chi connectivity index (χ3v) is 5.28. The number of rotatable bonds is 18. The molecule has 0 saturated heterocycles. The number of unbranched alkanes of at least 4 members (excludes halogenated alkanes) is 13. The molecule has 0 amide bonds. The van der Waals surface area contributed by atoms with Crippen LogP contribution in [0.1, 0.15) is 103 Å². The van der Waals surface area contributed by atoms with Crippen molar-refractivity contribution < 1.29 is 28.5 Å². The van der Waals surface area contributed by atoms with Gasteiger partial charge in [0.25, 0.3) is 0 Å². The Kier molecular flexibility index (Phi) is 23.0. The van der Waals surface area contributed by atoms with Crippen LogP contribution in [-0.4, -0.2) is 37.5 Å². The Hall–Kier alpha value is 0.980. The van der Waals surface area contributed by atoms with Crippen LogP contribution in [0, 0.1) is 0 Å². The summed E-state index contributed by atoms with van der Waals surface area (Å²) in [6.07, 6.45) is 21.2. The first-order valence-corrected chi connectivity index (χ1v) is 11.0. The van der Waals surface area contributed by atoms with Crippen LogP contribution < -0.4 is 24.0 Å². The van der Waals surface area contributed by atoms with E-state index >= 15 is 0 Å². The largest absolute Gasteiger partial charge is 1.00 e. The van der Waals surface area contributed by atoms with E-state index in [-0.39, 0.29) is 24.0 Å². The SMILES string of the molecule is CCCCCCCCCCCCCCC[N+](C)(C)CCCCCl.[I-]. The van der Waals surface area contributed by atoms with Crippen LogP contribution in [0.5, 0.6) is 0 Å². The van der Waals surface area contributed by atoms with E-state index in [1.165, 1.54) is 114 Å². The second-order valence-electron chi connectivity index (χ2n) is 8.02. The van der Waals surface area contributed by atoms with E-state index in [9.17, 15) is 0 Å². The highest BCUT2D eigenvalue weighted by molar-refractivity contribution is 6.17. The van der Waals surface area contributed by atoms with Crippen molar-refractivity contribution >= 4 is 11.6 Å². The molecule has 24 heavy (non-hydrogen) atoms. The summed E-state index contributed by atoms with van der Waals surface area (Å²) >= 11 is 5.76. The molecule has 0 aliphatic heterocycles. The van der Waals surface area contributed by atoms with Crippen LogP contribution in [0.4, 0.5) is 0 Å².